The summed E-state index contributed by atoms with van der Waals surface area (Å²) in [7, 11) is 0. The number of aliphatic hydroxyl groups is 1. The minimum Gasteiger partial charge on any atom is -0.394 e. The van der Waals surface area contributed by atoms with Crippen LogP contribution in [0.25, 0.3) is 11.1 Å². The average Bonchev–Trinajstić information content (AvgIpc) is 2.94. The molecule has 0 spiro atoms. The summed E-state index contributed by atoms with van der Waals surface area (Å²) in [6.45, 7) is 3.91. The lowest BCUT2D eigenvalue weighted by atomic mass is 10.0. The van der Waals surface area contributed by atoms with E-state index >= 15 is 0 Å². The Hall–Kier alpha value is -1.65. The van der Waals surface area contributed by atoms with Crippen molar-refractivity contribution in [2.45, 2.75) is 19.9 Å². The maximum atomic E-state index is 12.4. The molecule has 4 heteroatoms. The van der Waals surface area contributed by atoms with Crippen LogP contribution >= 0.6 is 11.3 Å². The molecule has 1 atom stereocenters. The number of nitrogens with one attached hydrogen (secondary N) is 1. The summed E-state index contributed by atoms with van der Waals surface area (Å²) >= 11 is 1.42. The Morgan fingerprint density at radius 2 is 1.95 bits per heavy atom. The molecule has 0 radical (unpaired) electrons. The summed E-state index contributed by atoms with van der Waals surface area (Å²) in [6.07, 6.45) is 0. The van der Waals surface area contributed by atoms with Crippen molar-refractivity contribution in [1.29, 1.82) is 0 Å². The highest BCUT2D eigenvalue weighted by Gasteiger charge is 2.19. The third-order valence-corrected chi connectivity index (χ3v) is 4.19. The van der Waals surface area contributed by atoms with E-state index in [9.17, 15) is 9.90 Å². The highest BCUT2D eigenvalue weighted by molar-refractivity contribution is 7.12. The molecule has 0 aliphatic heterocycles. The van der Waals surface area contributed by atoms with Crippen molar-refractivity contribution in [1.82, 2.24) is 5.32 Å². The largest absolute Gasteiger partial charge is 0.394 e. The normalized spacial score (nSPS) is 12.4. The molecule has 2 rings (SSSR count). The number of hydrogen-bond donors (Lipinski definition) is 2. The van der Waals surface area contributed by atoms with E-state index in [-0.39, 0.29) is 24.5 Å². The van der Waals surface area contributed by atoms with Gasteiger partial charge >= 0.3 is 0 Å². The van der Waals surface area contributed by atoms with Gasteiger partial charge in [0.2, 0.25) is 0 Å². The fourth-order valence-corrected chi connectivity index (χ4v) is 2.81. The lowest BCUT2D eigenvalue weighted by Gasteiger charge is -2.19. The van der Waals surface area contributed by atoms with Crippen molar-refractivity contribution >= 4 is 17.2 Å². The number of rotatable bonds is 5. The van der Waals surface area contributed by atoms with Gasteiger partial charge in [0, 0.05) is 5.56 Å². The van der Waals surface area contributed by atoms with Gasteiger partial charge in [-0.1, -0.05) is 44.2 Å². The minimum absolute atomic E-state index is 0.0462. The number of amides is 1. The van der Waals surface area contributed by atoms with E-state index in [1.165, 1.54) is 11.3 Å². The third kappa shape index (κ3) is 3.26. The van der Waals surface area contributed by atoms with Crippen LogP contribution in [0.5, 0.6) is 0 Å². The van der Waals surface area contributed by atoms with Gasteiger partial charge in [-0.2, -0.15) is 0 Å². The zero-order valence-corrected chi connectivity index (χ0v) is 12.5. The first kappa shape index (κ1) is 14.8. The Morgan fingerprint density at radius 1 is 1.25 bits per heavy atom. The minimum atomic E-state index is -0.215. The Bertz CT molecular complexity index is 563. The molecule has 0 fully saturated rings. The van der Waals surface area contributed by atoms with Crippen LogP contribution in [0.2, 0.25) is 0 Å². The summed E-state index contributed by atoms with van der Waals surface area (Å²) in [4.78, 5) is 13.1. The fourth-order valence-electron chi connectivity index (χ4n) is 1.99. The van der Waals surface area contributed by atoms with Crippen LogP contribution in [0, 0.1) is 5.92 Å². The Balaban J connectivity index is 2.22. The topological polar surface area (TPSA) is 49.3 Å². The van der Waals surface area contributed by atoms with Crippen LogP contribution in [0.3, 0.4) is 0 Å². The molecule has 20 heavy (non-hydrogen) atoms. The zero-order valence-electron chi connectivity index (χ0n) is 11.7. The summed E-state index contributed by atoms with van der Waals surface area (Å²) in [5, 5.41) is 14.1. The van der Waals surface area contributed by atoms with E-state index in [4.69, 9.17) is 0 Å². The van der Waals surface area contributed by atoms with Crippen molar-refractivity contribution in [2.75, 3.05) is 6.61 Å². The van der Waals surface area contributed by atoms with E-state index in [1.807, 2.05) is 55.6 Å². The second-order valence-corrected chi connectivity index (χ2v) is 5.95. The van der Waals surface area contributed by atoms with Gasteiger partial charge in [-0.15, -0.1) is 11.3 Å². The molecule has 0 bridgehead atoms. The average molecular weight is 289 g/mol. The maximum Gasteiger partial charge on any atom is 0.262 e. The number of aliphatic hydroxyl groups excluding tert-OH is 1. The first-order chi connectivity index (χ1) is 9.63. The van der Waals surface area contributed by atoms with Crippen LogP contribution in [0.15, 0.2) is 41.8 Å². The first-order valence-corrected chi connectivity index (χ1v) is 7.56. The molecule has 1 heterocycles. The molecule has 106 valence electrons. The van der Waals surface area contributed by atoms with Crippen molar-refractivity contribution in [3.8, 4) is 11.1 Å². The van der Waals surface area contributed by atoms with Crippen molar-refractivity contribution in [3.63, 3.8) is 0 Å². The van der Waals surface area contributed by atoms with Crippen molar-refractivity contribution < 1.29 is 9.90 Å². The molecule has 1 amide bonds. The van der Waals surface area contributed by atoms with E-state index in [1.54, 1.807) is 0 Å². The van der Waals surface area contributed by atoms with Crippen molar-refractivity contribution in [2.24, 2.45) is 5.92 Å². The monoisotopic (exact) mass is 289 g/mol. The Morgan fingerprint density at radius 3 is 2.55 bits per heavy atom. The van der Waals surface area contributed by atoms with Gasteiger partial charge in [0.25, 0.3) is 5.91 Å². The Kier molecular flexibility index (Phi) is 4.93. The summed E-state index contributed by atoms with van der Waals surface area (Å²) in [6, 6.07) is 11.6. The van der Waals surface area contributed by atoms with Crippen LogP contribution in [0.1, 0.15) is 23.5 Å². The maximum absolute atomic E-state index is 12.4. The van der Waals surface area contributed by atoms with Crippen LogP contribution in [-0.2, 0) is 0 Å². The molecular weight excluding hydrogens is 270 g/mol. The molecule has 0 aliphatic rings. The van der Waals surface area contributed by atoms with E-state index in [0.717, 1.165) is 11.1 Å². The first-order valence-electron chi connectivity index (χ1n) is 6.68. The molecular formula is C16H19NO2S. The van der Waals surface area contributed by atoms with Crippen LogP contribution in [-0.4, -0.2) is 23.7 Å². The number of thiophene rings is 1. The van der Waals surface area contributed by atoms with Gasteiger partial charge < -0.3 is 10.4 Å². The predicted molar refractivity (Wildman–Crippen MR) is 82.9 cm³/mol. The van der Waals surface area contributed by atoms with Gasteiger partial charge in [0.15, 0.2) is 0 Å². The van der Waals surface area contributed by atoms with Crippen LogP contribution in [0.4, 0.5) is 0 Å². The molecule has 1 aromatic carbocycles. The molecule has 2 aromatic rings. The lowest BCUT2D eigenvalue weighted by molar-refractivity contribution is 0.0901. The molecule has 3 nitrogen and oxygen atoms in total. The summed E-state index contributed by atoms with van der Waals surface area (Å²) < 4.78 is 0. The molecule has 0 aliphatic carbocycles. The SMILES string of the molecule is CC(C)C(CO)NC(=O)c1sccc1-c1ccccc1. The van der Waals surface area contributed by atoms with Gasteiger partial charge in [0.1, 0.15) is 0 Å². The van der Waals surface area contributed by atoms with E-state index < -0.39 is 0 Å². The second kappa shape index (κ2) is 6.68. The van der Waals surface area contributed by atoms with Gasteiger partial charge in [0.05, 0.1) is 17.5 Å². The summed E-state index contributed by atoms with van der Waals surface area (Å²) in [5.41, 5.74) is 1.97. The van der Waals surface area contributed by atoms with Gasteiger partial charge in [-0.25, -0.2) is 0 Å². The fraction of sp³-hybridized carbons (Fsp3) is 0.312. The lowest BCUT2D eigenvalue weighted by Crippen LogP contribution is -2.41. The smallest absolute Gasteiger partial charge is 0.262 e. The van der Waals surface area contributed by atoms with Gasteiger partial charge in [-0.3, -0.25) is 4.79 Å². The molecule has 0 saturated heterocycles. The van der Waals surface area contributed by atoms with Crippen molar-refractivity contribution in [3.05, 3.63) is 46.7 Å². The summed E-state index contributed by atoms with van der Waals surface area (Å²) in [5.74, 6) is 0.0793. The van der Waals surface area contributed by atoms with Gasteiger partial charge in [-0.05, 0) is 22.9 Å². The third-order valence-electron chi connectivity index (χ3n) is 3.27. The van der Waals surface area contributed by atoms with E-state index in [0.29, 0.717) is 4.88 Å². The second-order valence-electron chi connectivity index (χ2n) is 5.04. The molecule has 0 saturated carbocycles. The zero-order chi connectivity index (χ0) is 14.5. The molecule has 2 N–H and O–H groups in total. The number of carbonyl (C=O) groups excluding carboxylic acids is 1. The van der Waals surface area contributed by atoms with E-state index in [2.05, 4.69) is 5.32 Å². The van der Waals surface area contributed by atoms with Crippen LogP contribution < -0.4 is 5.32 Å². The number of carbonyl (C=O) groups is 1. The number of hydrogen-bond acceptors (Lipinski definition) is 3. The molecule has 1 aromatic heterocycles. The highest BCUT2D eigenvalue weighted by atomic mass is 32.1. The number of benzene rings is 1. The predicted octanol–water partition coefficient (Wildman–Crippen LogP) is 3.16. The Labute approximate surface area is 123 Å². The molecule has 1 unspecified atom stereocenters. The quantitative estimate of drug-likeness (QED) is 0.888. The highest BCUT2D eigenvalue weighted by Crippen LogP contribution is 2.28. The standard InChI is InChI=1S/C16H19NO2S/c1-11(2)14(10-18)17-16(19)15-13(8-9-20-15)12-6-4-3-5-7-12/h3-9,11,14,18H,10H2,1-2H3,(H,17,19).